The van der Waals surface area contributed by atoms with E-state index in [9.17, 15) is 9.00 Å². The normalized spacial score (nSPS) is 12.1. The van der Waals surface area contributed by atoms with Crippen molar-refractivity contribution < 1.29 is 9.00 Å². The highest BCUT2D eigenvalue weighted by molar-refractivity contribution is 9.10. The van der Waals surface area contributed by atoms with E-state index >= 15 is 0 Å². The van der Waals surface area contributed by atoms with E-state index in [2.05, 4.69) is 15.9 Å². The molecule has 0 bridgehead atoms. The molecule has 5 heteroatoms. The summed E-state index contributed by atoms with van der Waals surface area (Å²) in [6.07, 6.45) is 0. The van der Waals surface area contributed by atoms with Crippen molar-refractivity contribution in [3.05, 3.63) is 58.6 Å². The van der Waals surface area contributed by atoms with Crippen molar-refractivity contribution >= 4 is 32.6 Å². The fourth-order valence-electron chi connectivity index (χ4n) is 1.97. The topological polar surface area (TPSA) is 60.2 Å². The zero-order chi connectivity index (χ0) is 14.5. The third-order valence-corrected chi connectivity index (χ3v) is 4.73. The van der Waals surface area contributed by atoms with Crippen molar-refractivity contribution in [2.45, 2.75) is 5.75 Å². The molecular formula is C15H14BrNO2S. The molecule has 20 heavy (non-hydrogen) atoms. The number of amides is 1. The summed E-state index contributed by atoms with van der Waals surface area (Å²) < 4.78 is 12.9. The Bertz CT molecular complexity index is 658. The fraction of sp³-hybridized carbons (Fsp3) is 0.133. The monoisotopic (exact) mass is 351 g/mol. The van der Waals surface area contributed by atoms with Crippen molar-refractivity contribution in [2.24, 2.45) is 5.73 Å². The van der Waals surface area contributed by atoms with Crippen LogP contribution in [0.1, 0.15) is 5.56 Å². The first-order valence-corrected chi connectivity index (χ1v) is 8.32. The number of hydrogen-bond donors (Lipinski definition) is 1. The lowest BCUT2D eigenvalue weighted by Crippen LogP contribution is -2.20. The van der Waals surface area contributed by atoms with E-state index in [0.717, 1.165) is 21.2 Å². The van der Waals surface area contributed by atoms with Gasteiger partial charge in [-0.25, -0.2) is 0 Å². The first kappa shape index (κ1) is 14.9. The van der Waals surface area contributed by atoms with Crippen molar-refractivity contribution in [2.75, 3.05) is 5.75 Å². The summed E-state index contributed by atoms with van der Waals surface area (Å²) in [6.45, 7) is 0. The Kier molecular flexibility index (Phi) is 5.09. The standard InChI is InChI=1S/C15H14BrNO2S/c16-14-8-4-3-7-13(14)12-6-2-1-5-11(12)9-20(19)10-15(17)18/h1-8H,9-10H2,(H2,17,18)/t20-/m1/s1. The molecule has 104 valence electrons. The van der Waals surface area contributed by atoms with E-state index in [1.807, 2.05) is 48.5 Å². The second kappa shape index (κ2) is 6.81. The SMILES string of the molecule is NC(=O)C[S@](=O)Cc1ccccc1-c1ccccc1Br. The molecule has 0 radical (unpaired) electrons. The predicted octanol–water partition coefficient (Wildman–Crippen LogP) is 2.85. The Labute approximate surface area is 128 Å². The van der Waals surface area contributed by atoms with Crippen LogP contribution < -0.4 is 5.73 Å². The first-order chi connectivity index (χ1) is 9.58. The summed E-state index contributed by atoms with van der Waals surface area (Å²) in [5.74, 6) is -0.327. The lowest BCUT2D eigenvalue weighted by Gasteiger charge is -2.10. The molecule has 0 spiro atoms. The van der Waals surface area contributed by atoms with E-state index in [4.69, 9.17) is 5.73 Å². The Hall–Kier alpha value is -1.46. The molecule has 0 aliphatic rings. The number of benzene rings is 2. The van der Waals surface area contributed by atoms with Crippen molar-refractivity contribution in [1.29, 1.82) is 0 Å². The Balaban J connectivity index is 2.34. The summed E-state index contributed by atoms with van der Waals surface area (Å²) in [5, 5.41) is 0. The van der Waals surface area contributed by atoms with E-state index in [0.29, 0.717) is 5.75 Å². The zero-order valence-electron chi connectivity index (χ0n) is 10.7. The molecule has 0 fully saturated rings. The van der Waals surface area contributed by atoms with Gasteiger partial charge in [0.1, 0.15) is 5.75 Å². The molecule has 1 amide bonds. The van der Waals surface area contributed by atoms with E-state index < -0.39 is 16.7 Å². The van der Waals surface area contributed by atoms with Gasteiger partial charge in [-0.3, -0.25) is 9.00 Å². The molecule has 0 saturated heterocycles. The zero-order valence-corrected chi connectivity index (χ0v) is 13.1. The van der Waals surface area contributed by atoms with Gasteiger partial charge >= 0.3 is 0 Å². The Morgan fingerprint density at radius 2 is 1.65 bits per heavy atom. The summed E-state index contributed by atoms with van der Waals surface area (Å²) in [5.41, 5.74) is 8.08. The van der Waals surface area contributed by atoms with E-state index in [1.165, 1.54) is 0 Å². The number of hydrogen-bond acceptors (Lipinski definition) is 2. The van der Waals surface area contributed by atoms with Gasteiger partial charge in [-0.05, 0) is 22.8 Å². The van der Waals surface area contributed by atoms with Gasteiger partial charge in [-0.2, -0.15) is 0 Å². The van der Waals surface area contributed by atoms with Crippen LogP contribution in [-0.2, 0) is 21.3 Å². The minimum absolute atomic E-state index is 0.107. The maximum absolute atomic E-state index is 11.9. The number of primary amides is 1. The molecule has 0 aliphatic heterocycles. The molecule has 0 unspecified atom stereocenters. The number of carbonyl (C=O) groups is 1. The van der Waals surface area contributed by atoms with Crippen molar-refractivity contribution in [3.63, 3.8) is 0 Å². The maximum atomic E-state index is 11.9. The molecule has 2 aromatic rings. The molecule has 0 aliphatic carbocycles. The minimum atomic E-state index is -1.28. The van der Waals surface area contributed by atoms with Gasteiger partial charge < -0.3 is 5.73 Å². The molecule has 1 atom stereocenters. The van der Waals surface area contributed by atoms with Crippen LogP contribution >= 0.6 is 15.9 Å². The fourth-order valence-corrected chi connectivity index (χ4v) is 3.49. The van der Waals surface area contributed by atoms with Crippen molar-refractivity contribution in [3.8, 4) is 11.1 Å². The third-order valence-electron chi connectivity index (χ3n) is 2.80. The predicted molar refractivity (Wildman–Crippen MR) is 85.5 cm³/mol. The maximum Gasteiger partial charge on any atom is 0.230 e. The van der Waals surface area contributed by atoms with Crippen LogP contribution in [0.5, 0.6) is 0 Å². The number of halogens is 1. The van der Waals surface area contributed by atoms with E-state index in [1.54, 1.807) is 0 Å². The second-order valence-electron chi connectivity index (χ2n) is 4.33. The quantitative estimate of drug-likeness (QED) is 0.900. The lowest BCUT2D eigenvalue weighted by molar-refractivity contribution is -0.115. The van der Waals surface area contributed by atoms with Crippen LogP contribution in [-0.4, -0.2) is 15.9 Å². The van der Waals surface area contributed by atoms with Crippen LogP contribution in [0.15, 0.2) is 53.0 Å². The largest absolute Gasteiger partial charge is 0.369 e. The summed E-state index contributed by atoms with van der Waals surface area (Å²) >= 11 is 3.52. The van der Waals surface area contributed by atoms with Crippen LogP contribution in [0.2, 0.25) is 0 Å². The average Bonchev–Trinajstić information content (AvgIpc) is 2.39. The average molecular weight is 352 g/mol. The molecule has 2 aromatic carbocycles. The van der Waals surface area contributed by atoms with Gasteiger partial charge in [0.2, 0.25) is 5.91 Å². The first-order valence-electron chi connectivity index (χ1n) is 6.04. The summed E-state index contributed by atoms with van der Waals surface area (Å²) in [4.78, 5) is 10.8. The highest BCUT2D eigenvalue weighted by atomic mass is 79.9. The van der Waals surface area contributed by atoms with Crippen LogP contribution in [0.25, 0.3) is 11.1 Å². The van der Waals surface area contributed by atoms with Gasteiger partial charge in [0.25, 0.3) is 0 Å². The number of rotatable bonds is 5. The smallest absolute Gasteiger partial charge is 0.230 e. The second-order valence-corrected chi connectivity index (χ2v) is 6.64. The molecule has 2 rings (SSSR count). The Morgan fingerprint density at radius 3 is 2.30 bits per heavy atom. The van der Waals surface area contributed by atoms with Gasteiger partial charge in [0.15, 0.2) is 0 Å². The molecule has 2 N–H and O–H groups in total. The van der Waals surface area contributed by atoms with Crippen molar-refractivity contribution in [1.82, 2.24) is 0 Å². The van der Waals surface area contributed by atoms with Gasteiger partial charge in [0, 0.05) is 21.0 Å². The van der Waals surface area contributed by atoms with Crippen LogP contribution in [0.3, 0.4) is 0 Å². The summed E-state index contributed by atoms with van der Waals surface area (Å²) in [7, 11) is -1.28. The summed E-state index contributed by atoms with van der Waals surface area (Å²) in [6, 6.07) is 15.6. The number of nitrogens with two attached hydrogens (primary N) is 1. The Morgan fingerprint density at radius 1 is 1.05 bits per heavy atom. The molecule has 0 saturated carbocycles. The van der Waals surface area contributed by atoms with Gasteiger partial charge in [-0.1, -0.05) is 58.4 Å². The highest BCUT2D eigenvalue weighted by Crippen LogP contribution is 2.31. The minimum Gasteiger partial charge on any atom is -0.369 e. The molecule has 0 aromatic heterocycles. The molecule has 0 heterocycles. The molecular weight excluding hydrogens is 338 g/mol. The highest BCUT2D eigenvalue weighted by Gasteiger charge is 2.11. The van der Waals surface area contributed by atoms with Crippen LogP contribution in [0.4, 0.5) is 0 Å². The van der Waals surface area contributed by atoms with Crippen LogP contribution in [0, 0.1) is 0 Å². The molecule has 3 nitrogen and oxygen atoms in total. The third kappa shape index (κ3) is 3.77. The van der Waals surface area contributed by atoms with Gasteiger partial charge in [-0.15, -0.1) is 0 Å². The van der Waals surface area contributed by atoms with Gasteiger partial charge in [0.05, 0.1) is 0 Å². The lowest BCUT2D eigenvalue weighted by atomic mass is 10.0. The number of carbonyl (C=O) groups excluding carboxylic acids is 1. The van der Waals surface area contributed by atoms with E-state index in [-0.39, 0.29) is 5.75 Å².